The van der Waals surface area contributed by atoms with Crippen LogP contribution in [-0.4, -0.2) is 34.5 Å². The molecule has 0 fully saturated rings. The van der Waals surface area contributed by atoms with E-state index in [0.717, 1.165) is 47.6 Å². The Balaban J connectivity index is 1.72. The largest absolute Gasteiger partial charge is 0.358 e. The molecule has 0 spiro atoms. The highest BCUT2D eigenvalue weighted by Gasteiger charge is 2.21. The number of thiophene rings is 1. The smallest absolute Gasteiger partial charge is 0.153 e. The molecule has 0 bridgehead atoms. The Kier molecular flexibility index (Phi) is 3.88. The normalized spacial score (nSPS) is 13.8. The zero-order valence-corrected chi connectivity index (χ0v) is 13.0. The Hall–Kier alpha value is -1.95. The maximum atomic E-state index is 11.3. The van der Waals surface area contributed by atoms with Gasteiger partial charge < -0.3 is 9.88 Å². The van der Waals surface area contributed by atoms with Gasteiger partial charge in [-0.1, -0.05) is 0 Å². The molecule has 0 radical (unpaired) electrons. The minimum absolute atomic E-state index is 0.666. The zero-order chi connectivity index (χ0) is 14.8. The highest BCUT2D eigenvalue weighted by atomic mass is 32.1. The number of aromatic amines is 1. The second kappa shape index (κ2) is 5.81. The number of carbonyl (C=O) groups is 1. The number of nitrogens with zero attached hydrogens (tertiary/aromatic N) is 3. The number of H-pyrrole nitrogens is 1. The number of nitrogens with one attached hydrogen (secondary N) is 1. The molecular formula is C15H18N4OS. The van der Waals surface area contributed by atoms with Gasteiger partial charge in [-0.25, -0.2) is 9.98 Å². The Morgan fingerprint density at radius 3 is 3.10 bits per heavy atom. The number of fused-ring (bicyclic) bond motifs is 1. The molecule has 21 heavy (non-hydrogen) atoms. The van der Waals surface area contributed by atoms with E-state index in [2.05, 4.69) is 15.0 Å². The lowest BCUT2D eigenvalue weighted by Crippen LogP contribution is -2.16. The summed E-state index contributed by atoms with van der Waals surface area (Å²) in [6.07, 6.45) is 7.78. The Morgan fingerprint density at radius 2 is 2.38 bits per heavy atom. The van der Waals surface area contributed by atoms with Crippen LogP contribution < -0.4 is 0 Å². The van der Waals surface area contributed by atoms with Crippen LogP contribution in [0.2, 0.25) is 0 Å². The standard InChI is InChI=1S/C15H18N4OS/c1-10-6-16-14(18-10)7-19(2)9-17-15-12(8-20)11-4-3-5-13(11)21-15/h6,8-9H,3-5,7H2,1-2H3,(H,16,18)/b17-9-. The van der Waals surface area contributed by atoms with Gasteiger partial charge in [0.2, 0.25) is 0 Å². The molecule has 3 rings (SSSR count). The van der Waals surface area contributed by atoms with E-state index in [-0.39, 0.29) is 0 Å². The Bertz CT molecular complexity index is 686. The van der Waals surface area contributed by atoms with E-state index in [4.69, 9.17) is 0 Å². The lowest BCUT2D eigenvalue weighted by molar-refractivity contribution is 0.112. The van der Waals surface area contributed by atoms with Crippen molar-refractivity contribution in [1.82, 2.24) is 14.9 Å². The van der Waals surface area contributed by atoms with Gasteiger partial charge in [-0.3, -0.25) is 4.79 Å². The van der Waals surface area contributed by atoms with Gasteiger partial charge in [0.15, 0.2) is 6.29 Å². The molecule has 0 aliphatic heterocycles. The van der Waals surface area contributed by atoms with Crippen molar-refractivity contribution in [3.63, 3.8) is 0 Å². The molecule has 0 atom stereocenters. The van der Waals surface area contributed by atoms with Gasteiger partial charge in [0.25, 0.3) is 0 Å². The number of aliphatic imine (C=N–C) groups is 1. The predicted octanol–water partition coefficient (Wildman–Crippen LogP) is 2.87. The van der Waals surface area contributed by atoms with E-state index in [1.165, 1.54) is 10.4 Å². The third kappa shape index (κ3) is 2.90. The van der Waals surface area contributed by atoms with Crippen molar-refractivity contribution in [1.29, 1.82) is 0 Å². The SMILES string of the molecule is Cc1cnc(CN(C)/C=N\c2sc3c(c2C=O)CCC3)[nH]1. The molecule has 2 aromatic heterocycles. The number of imidazole rings is 1. The van der Waals surface area contributed by atoms with Crippen molar-refractivity contribution in [2.45, 2.75) is 32.7 Å². The number of aromatic nitrogens is 2. The number of hydrogen-bond acceptors (Lipinski definition) is 4. The molecule has 2 aromatic rings. The number of carbonyl (C=O) groups excluding carboxylic acids is 1. The fourth-order valence-corrected chi connectivity index (χ4v) is 3.80. The molecule has 0 unspecified atom stereocenters. The van der Waals surface area contributed by atoms with Gasteiger partial charge in [-0.15, -0.1) is 11.3 Å². The third-order valence-corrected chi connectivity index (χ3v) is 4.80. The molecule has 1 aliphatic carbocycles. The van der Waals surface area contributed by atoms with Crippen molar-refractivity contribution in [2.75, 3.05) is 7.05 Å². The maximum Gasteiger partial charge on any atom is 0.153 e. The topological polar surface area (TPSA) is 61.4 Å². The fourth-order valence-electron chi connectivity index (χ4n) is 2.61. The van der Waals surface area contributed by atoms with E-state index in [0.29, 0.717) is 6.54 Å². The van der Waals surface area contributed by atoms with Crippen molar-refractivity contribution < 1.29 is 4.79 Å². The predicted molar refractivity (Wildman–Crippen MR) is 84.7 cm³/mol. The molecule has 0 aromatic carbocycles. The summed E-state index contributed by atoms with van der Waals surface area (Å²) in [5.74, 6) is 0.908. The van der Waals surface area contributed by atoms with Crippen LogP contribution in [0.15, 0.2) is 11.2 Å². The second-order valence-corrected chi connectivity index (χ2v) is 6.45. The van der Waals surface area contributed by atoms with E-state index in [1.807, 2.05) is 25.1 Å². The molecule has 5 nitrogen and oxygen atoms in total. The second-order valence-electron chi connectivity index (χ2n) is 5.37. The molecule has 6 heteroatoms. The first-order valence-electron chi connectivity index (χ1n) is 7.02. The summed E-state index contributed by atoms with van der Waals surface area (Å²) in [4.78, 5) is 26.5. The molecular weight excluding hydrogens is 284 g/mol. The summed E-state index contributed by atoms with van der Waals surface area (Å²) in [6, 6.07) is 0. The number of hydrogen-bond donors (Lipinski definition) is 1. The summed E-state index contributed by atoms with van der Waals surface area (Å²) < 4.78 is 0. The van der Waals surface area contributed by atoms with Crippen LogP contribution in [0, 0.1) is 6.92 Å². The molecule has 0 saturated carbocycles. The van der Waals surface area contributed by atoms with Crippen LogP contribution >= 0.6 is 11.3 Å². The van der Waals surface area contributed by atoms with Crippen LogP contribution in [0.5, 0.6) is 0 Å². The van der Waals surface area contributed by atoms with E-state index >= 15 is 0 Å². The van der Waals surface area contributed by atoms with Gasteiger partial charge in [0, 0.05) is 23.8 Å². The monoisotopic (exact) mass is 302 g/mol. The zero-order valence-electron chi connectivity index (χ0n) is 12.2. The molecule has 0 amide bonds. The molecule has 2 heterocycles. The lowest BCUT2D eigenvalue weighted by atomic mass is 10.1. The summed E-state index contributed by atoms with van der Waals surface area (Å²) in [7, 11) is 1.95. The van der Waals surface area contributed by atoms with Crippen LogP contribution in [0.25, 0.3) is 0 Å². The Labute approximate surface area is 127 Å². The molecule has 1 N–H and O–H groups in total. The van der Waals surface area contributed by atoms with Gasteiger partial charge in [-0.05, 0) is 31.7 Å². The van der Waals surface area contributed by atoms with Gasteiger partial charge in [0.05, 0.1) is 18.4 Å². The first kappa shape index (κ1) is 14.0. The van der Waals surface area contributed by atoms with Gasteiger partial charge in [0.1, 0.15) is 10.8 Å². The summed E-state index contributed by atoms with van der Waals surface area (Å²) >= 11 is 1.65. The summed E-state index contributed by atoms with van der Waals surface area (Å²) in [6.45, 7) is 2.65. The van der Waals surface area contributed by atoms with Crippen LogP contribution in [0.3, 0.4) is 0 Å². The maximum absolute atomic E-state index is 11.3. The minimum Gasteiger partial charge on any atom is -0.358 e. The van der Waals surface area contributed by atoms with Crippen molar-refractivity contribution in [3.8, 4) is 0 Å². The van der Waals surface area contributed by atoms with Crippen LogP contribution in [0.1, 0.15) is 38.7 Å². The summed E-state index contributed by atoms with van der Waals surface area (Å²) in [5.41, 5.74) is 3.05. The van der Waals surface area contributed by atoms with E-state index in [1.54, 1.807) is 17.7 Å². The van der Waals surface area contributed by atoms with Gasteiger partial charge in [-0.2, -0.15) is 0 Å². The van der Waals surface area contributed by atoms with Crippen LogP contribution in [-0.2, 0) is 19.4 Å². The van der Waals surface area contributed by atoms with E-state index < -0.39 is 0 Å². The number of rotatable bonds is 5. The van der Waals surface area contributed by atoms with Gasteiger partial charge >= 0.3 is 0 Å². The average Bonchev–Trinajstić information content (AvgIpc) is 3.12. The molecule has 1 aliphatic rings. The average molecular weight is 302 g/mol. The molecule has 0 saturated heterocycles. The minimum atomic E-state index is 0.666. The molecule has 110 valence electrons. The van der Waals surface area contributed by atoms with Crippen molar-refractivity contribution in [2.24, 2.45) is 4.99 Å². The quantitative estimate of drug-likeness (QED) is 0.525. The van der Waals surface area contributed by atoms with E-state index in [9.17, 15) is 4.79 Å². The third-order valence-electron chi connectivity index (χ3n) is 3.59. The first-order valence-corrected chi connectivity index (χ1v) is 7.83. The number of aryl methyl sites for hydroxylation is 2. The summed E-state index contributed by atoms with van der Waals surface area (Å²) in [5, 5.41) is 0.831. The lowest BCUT2D eigenvalue weighted by Gasteiger charge is -2.10. The van der Waals surface area contributed by atoms with Crippen molar-refractivity contribution in [3.05, 3.63) is 33.7 Å². The van der Waals surface area contributed by atoms with Crippen molar-refractivity contribution >= 4 is 29.0 Å². The Morgan fingerprint density at radius 1 is 1.52 bits per heavy atom. The first-order chi connectivity index (χ1) is 10.2. The van der Waals surface area contributed by atoms with Crippen LogP contribution in [0.4, 0.5) is 5.00 Å². The number of aldehydes is 1. The highest BCUT2D eigenvalue weighted by molar-refractivity contribution is 7.16. The fraction of sp³-hybridized carbons (Fsp3) is 0.400. The highest BCUT2D eigenvalue weighted by Crippen LogP contribution is 2.39.